The Balaban J connectivity index is 1.70. The Bertz CT molecular complexity index is 401. The minimum atomic E-state index is 0.637. The van der Waals surface area contributed by atoms with Crippen LogP contribution in [0, 0.1) is 16.7 Å². The lowest BCUT2D eigenvalue weighted by molar-refractivity contribution is 0.0363. The van der Waals surface area contributed by atoms with E-state index in [0.29, 0.717) is 5.41 Å². The van der Waals surface area contributed by atoms with Gasteiger partial charge < -0.3 is 5.32 Å². The zero-order valence-electron chi connectivity index (χ0n) is 8.66. The van der Waals surface area contributed by atoms with E-state index in [1.165, 1.54) is 31.5 Å². The molecule has 1 heterocycles. The highest BCUT2D eigenvalue weighted by molar-refractivity contribution is 5.34. The minimum Gasteiger partial charge on any atom is -0.316 e. The van der Waals surface area contributed by atoms with Crippen molar-refractivity contribution in [1.82, 2.24) is 5.32 Å². The molecule has 0 amide bonds. The molecule has 1 aliphatic heterocycles. The minimum absolute atomic E-state index is 0.637. The van der Waals surface area contributed by atoms with Gasteiger partial charge in [0.05, 0.1) is 11.6 Å². The first kappa shape index (κ1) is 8.94. The molecule has 1 N–H and O–H groups in total. The van der Waals surface area contributed by atoms with E-state index in [4.69, 9.17) is 5.26 Å². The quantitative estimate of drug-likeness (QED) is 0.749. The Morgan fingerprint density at radius 1 is 1.20 bits per heavy atom. The summed E-state index contributed by atoms with van der Waals surface area (Å²) in [5, 5.41) is 12.1. The van der Waals surface area contributed by atoms with E-state index in [1.54, 1.807) is 0 Å². The molecular weight excluding hydrogens is 184 g/mol. The number of hydrogen-bond acceptors (Lipinski definition) is 2. The fourth-order valence-corrected chi connectivity index (χ4v) is 2.82. The smallest absolute Gasteiger partial charge is 0.0991 e. The van der Waals surface area contributed by atoms with E-state index < -0.39 is 0 Å². The van der Waals surface area contributed by atoms with Gasteiger partial charge in [0.2, 0.25) is 0 Å². The number of nitrogens with zero attached hydrogens (tertiary/aromatic N) is 1. The van der Waals surface area contributed by atoms with Crippen LogP contribution in [0.1, 0.15) is 29.9 Å². The van der Waals surface area contributed by atoms with E-state index in [-0.39, 0.29) is 0 Å². The zero-order valence-corrected chi connectivity index (χ0v) is 8.66. The number of nitrogens with one attached hydrogen (secondary N) is 1. The highest BCUT2D eigenvalue weighted by Gasteiger charge is 2.48. The Hall–Kier alpha value is -1.33. The molecule has 0 radical (unpaired) electrons. The fraction of sp³-hybridized carbons (Fsp3) is 0.462. The molecule has 1 saturated carbocycles. The molecule has 0 aromatic heterocycles. The fourth-order valence-electron chi connectivity index (χ4n) is 2.82. The Morgan fingerprint density at radius 3 is 2.33 bits per heavy atom. The van der Waals surface area contributed by atoms with E-state index in [0.717, 1.165) is 11.5 Å². The van der Waals surface area contributed by atoms with E-state index >= 15 is 0 Å². The summed E-state index contributed by atoms with van der Waals surface area (Å²) in [6, 6.07) is 10.2. The summed E-state index contributed by atoms with van der Waals surface area (Å²) in [5.74, 6) is 0.736. The number of rotatable bonds is 1. The van der Waals surface area contributed by atoms with Crippen molar-refractivity contribution in [2.24, 2.45) is 5.41 Å². The first-order valence-corrected chi connectivity index (χ1v) is 5.52. The third-order valence-corrected chi connectivity index (χ3v) is 3.87. The van der Waals surface area contributed by atoms with Crippen molar-refractivity contribution >= 4 is 0 Å². The molecule has 0 atom stereocenters. The molecule has 0 unspecified atom stereocenters. The summed E-state index contributed by atoms with van der Waals surface area (Å²) in [6.45, 7) is 2.42. The summed E-state index contributed by atoms with van der Waals surface area (Å²) in [6.07, 6.45) is 2.65. The maximum atomic E-state index is 8.71. The standard InChI is InChI=1S/C13H14N2/c14-7-10-1-3-11(4-2-10)12-5-13(6-12)8-15-9-13/h1-4,12,15H,5-6,8-9H2. The van der Waals surface area contributed by atoms with Crippen molar-refractivity contribution in [3.8, 4) is 6.07 Å². The second-order valence-electron chi connectivity index (χ2n) is 4.94. The molecule has 1 aliphatic carbocycles. The van der Waals surface area contributed by atoms with Crippen LogP contribution >= 0.6 is 0 Å². The van der Waals surface area contributed by atoms with Crippen molar-refractivity contribution in [3.05, 3.63) is 35.4 Å². The van der Waals surface area contributed by atoms with Crippen LogP contribution in [0.15, 0.2) is 24.3 Å². The largest absolute Gasteiger partial charge is 0.316 e. The van der Waals surface area contributed by atoms with Crippen molar-refractivity contribution < 1.29 is 0 Å². The summed E-state index contributed by atoms with van der Waals surface area (Å²) in [7, 11) is 0. The Morgan fingerprint density at radius 2 is 1.87 bits per heavy atom. The normalized spacial score (nSPS) is 22.9. The van der Waals surface area contributed by atoms with E-state index in [1.807, 2.05) is 12.1 Å². The van der Waals surface area contributed by atoms with Gasteiger partial charge >= 0.3 is 0 Å². The second-order valence-corrected chi connectivity index (χ2v) is 4.94. The van der Waals surface area contributed by atoms with Crippen LogP contribution in [0.3, 0.4) is 0 Å². The van der Waals surface area contributed by atoms with Crippen LogP contribution in [-0.4, -0.2) is 13.1 Å². The molecule has 1 aromatic rings. The van der Waals surface area contributed by atoms with Crippen molar-refractivity contribution in [2.75, 3.05) is 13.1 Å². The molecule has 1 aromatic carbocycles. The number of nitriles is 1. The third kappa shape index (κ3) is 1.35. The molecule has 2 heteroatoms. The van der Waals surface area contributed by atoms with E-state index in [2.05, 4.69) is 23.5 Å². The lowest BCUT2D eigenvalue weighted by Gasteiger charge is -2.54. The van der Waals surface area contributed by atoms with Crippen LogP contribution < -0.4 is 5.32 Å². The van der Waals surface area contributed by atoms with Crippen molar-refractivity contribution in [1.29, 1.82) is 5.26 Å². The highest BCUT2D eigenvalue weighted by Crippen LogP contribution is 2.53. The summed E-state index contributed by atoms with van der Waals surface area (Å²) < 4.78 is 0. The molecule has 15 heavy (non-hydrogen) atoms. The topological polar surface area (TPSA) is 35.8 Å². The molecule has 3 rings (SSSR count). The first-order chi connectivity index (χ1) is 7.31. The molecule has 1 saturated heterocycles. The molecular formula is C13H14N2. The highest BCUT2D eigenvalue weighted by atomic mass is 15.0. The lowest BCUT2D eigenvalue weighted by Crippen LogP contribution is -2.59. The maximum absolute atomic E-state index is 8.71. The Kier molecular flexibility index (Phi) is 1.83. The Labute approximate surface area is 89.9 Å². The number of hydrogen-bond donors (Lipinski definition) is 1. The number of benzene rings is 1. The summed E-state index contributed by atoms with van der Waals surface area (Å²) >= 11 is 0. The van der Waals surface area contributed by atoms with Gasteiger partial charge in [-0.15, -0.1) is 0 Å². The SMILES string of the molecule is N#Cc1ccc(C2CC3(CNC3)C2)cc1. The van der Waals surface area contributed by atoms with Crippen molar-refractivity contribution in [2.45, 2.75) is 18.8 Å². The van der Waals surface area contributed by atoms with Gasteiger partial charge in [-0.1, -0.05) is 12.1 Å². The van der Waals surface area contributed by atoms with Gasteiger partial charge in [-0.25, -0.2) is 0 Å². The monoisotopic (exact) mass is 198 g/mol. The third-order valence-electron chi connectivity index (χ3n) is 3.87. The molecule has 76 valence electrons. The molecule has 0 bridgehead atoms. The first-order valence-electron chi connectivity index (χ1n) is 5.52. The van der Waals surface area contributed by atoms with Gasteiger partial charge in [0.1, 0.15) is 0 Å². The van der Waals surface area contributed by atoms with Crippen LogP contribution in [0.5, 0.6) is 0 Å². The van der Waals surface area contributed by atoms with Gasteiger partial charge in [0.25, 0.3) is 0 Å². The summed E-state index contributed by atoms with van der Waals surface area (Å²) in [5.41, 5.74) is 2.81. The second kappa shape index (κ2) is 3.08. The summed E-state index contributed by atoms with van der Waals surface area (Å²) in [4.78, 5) is 0. The molecule has 2 fully saturated rings. The van der Waals surface area contributed by atoms with Gasteiger partial charge in [-0.05, 0) is 41.9 Å². The van der Waals surface area contributed by atoms with Gasteiger partial charge in [0, 0.05) is 13.1 Å². The van der Waals surface area contributed by atoms with Crippen LogP contribution in [-0.2, 0) is 0 Å². The molecule has 2 nitrogen and oxygen atoms in total. The van der Waals surface area contributed by atoms with Gasteiger partial charge in [-0.3, -0.25) is 0 Å². The van der Waals surface area contributed by atoms with Crippen molar-refractivity contribution in [3.63, 3.8) is 0 Å². The molecule has 2 aliphatic rings. The maximum Gasteiger partial charge on any atom is 0.0991 e. The lowest BCUT2D eigenvalue weighted by atomic mass is 9.57. The zero-order chi connectivity index (χ0) is 10.3. The average molecular weight is 198 g/mol. The predicted molar refractivity (Wildman–Crippen MR) is 58.4 cm³/mol. The van der Waals surface area contributed by atoms with Gasteiger partial charge in [-0.2, -0.15) is 5.26 Å². The average Bonchev–Trinajstić information content (AvgIpc) is 2.14. The van der Waals surface area contributed by atoms with E-state index in [9.17, 15) is 0 Å². The van der Waals surface area contributed by atoms with Crippen LogP contribution in [0.2, 0.25) is 0 Å². The molecule has 1 spiro atoms. The van der Waals surface area contributed by atoms with Crippen LogP contribution in [0.25, 0.3) is 0 Å². The van der Waals surface area contributed by atoms with Gasteiger partial charge in [0.15, 0.2) is 0 Å². The predicted octanol–water partition coefficient (Wildman–Crippen LogP) is 2.03. The van der Waals surface area contributed by atoms with Crippen LogP contribution in [0.4, 0.5) is 0 Å².